The van der Waals surface area contributed by atoms with E-state index in [0.29, 0.717) is 17.7 Å². The second-order valence-electron chi connectivity index (χ2n) is 4.31. The largest absolute Gasteiger partial charge is 0.508 e. The van der Waals surface area contributed by atoms with Crippen LogP contribution in [0.3, 0.4) is 0 Å². The monoisotopic (exact) mass is 207 g/mol. The molecule has 2 heteroatoms. The van der Waals surface area contributed by atoms with Crippen LogP contribution in [0, 0.1) is 5.92 Å². The van der Waals surface area contributed by atoms with E-state index in [1.54, 1.807) is 12.1 Å². The number of phenols is 1. The Morgan fingerprint density at radius 2 is 1.80 bits per heavy atom. The molecule has 0 aromatic heterocycles. The number of hydrogen-bond donors (Lipinski definition) is 2. The summed E-state index contributed by atoms with van der Waals surface area (Å²) < 4.78 is 0. The number of aromatic hydroxyl groups is 1. The van der Waals surface area contributed by atoms with Crippen molar-refractivity contribution in [1.82, 2.24) is 5.32 Å². The van der Waals surface area contributed by atoms with Gasteiger partial charge in [-0.05, 0) is 30.0 Å². The number of benzene rings is 1. The molecule has 0 bridgehead atoms. The van der Waals surface area contributed by atoms with Gasteiger partial charge in [0, 0.05) is 12.6 Å². The lowest BCUT2D eigenvalue weighted by Crippen LogP contribution is -2.32. The van der Waals surface area contributed by atoms with Crippen molar-refractivity contribution in [3.05, 3.63) is 29.8 Å². The van der Waals surface area contributed by atoms with Crippen molar-refractivity contribution in [2.75, 3.05) is 0 Å². The molecule has 0 spiro atoms. The number of phenolic OH excluding ortho intramolecular Hbond substituents is 1. The zero-order valence-corrected chi connectivity index (χ0v) is 9.83. The molecule has 0 heterocycles. The van der Waals surface area contributed by atoms with Crippen molar-refractivity contribution in [2.45, 2.75) is 39.8 Å². The van der Waals surface area contributed by atoms with Crippen molar-refractivity contribution in [1.29, 1.82) is 0 Å². The molecule has 0 radical (unpaired) electrons. The maximum absolute atomic E-state index is 9.15. The fourth-order valence-electron chi connectivity index (χ4n) is 1.71. The second-order valence-corrected chi connectivity index (χ2v) is 4.31. The predicted octanol–water partition coefficient (Wildman–Crippen LogP) is 2.92. The summed E-state index contributed by atoms with van der Waals surface area (Å²) in [4.78, 5) is 0. The molecule has 0 saturated heterocycles. The molecule has 0 aliphatic carbocycles. The lowest BCUT2D eigenvalue weighted by molar-refractivity contribution is 0.387. The molecule has 2 N–H and O–H groups in total. The molecule has 0 aliphatic rings. The van der Waals surface area contributed by atoms with Crippen LogP contribution >= 0.6 is 0 Å². The Kier molecular flexibility index (Phi) is 4.63. The van der Waals surface area contributed by atoms with Gasteiger partial charge in [0.1, 0.15) is 5.75 Å². The Hall–Kier alpha value is -1.02. The number of rotatable bonds is 5. The summed E-state index contributed by atoms with van der Waals surface area (Å²) in [5.41, 5.74) is 1.21. The fourth-order valence-corrected chi connectivity index (χ4v) is 1.71. The fraction of sp³-hybridized carbons (Fsp3) is 0.538. The van der Waals surface area contributed by atoms with Gasteiger partial charge in [-0.15, -0.1) is 0 Å². The summed E-state index contributed by atoms with van der Waals surface area (Å²) in [6.07, 6.45) is 1.15. The summed E-state index contributed by atoms with van der Waals surface area (Å²) in [6, 6.07) is 7.93. The van der Waals surface area contributed by atoms with Crippen LogP contribution in [0.2, 0.25) is 0 Å². The first-order chi connectivity index (χ1) is 7.13. The zero-order chi connectivity index (χ0) is 11.3. The van der Waals surface area contributed by atoms with Gasteiger partial charge in [-0.25, -0.2) is 0 Å². The Labute approximate surface area is 92.3 Å². The topological polar surface area (TPSA) is 32.3 Å². The van der Waals surface area contributed by atoms with Crippen LogP contribution < -0.4 is 5.32 Å². The van der Waals surface area contributed by atoms with E-state index in [0.717, 1.165) is 13.0 Å². The van der Waals surface area contributed by atoms with E-state index in [4.69, 9.17) is 5.11 Å². The molecule has 84 valence electrons. The summed E-state index contributed by atoms with van der Waals surface area (Å²) in [6.45, 7) is 7.54. The molecule has 1 rings (SSSR count). The minimum atomic E-state index is 0.328. The lowest BCUT2D eigenvalue weighted by Gasteiger charge is -2.20. The molecule has 1 aromatic rings. The first-order valence-electron chi connectivity index (χ1n) is 5.64. The van der Waals surface area contributed by atoms with Gasteiger partial charge in [0.2, 0.25) is 0 Å². The maximum atomic E-state index is 9.15. The van der Waals surface area contributed by atoms with Gasteiger partial charge in [-0.3, -0.25) is 0 Å². The Morgan fingerprint density at radius 1 is 1.20 bits per heavy atom. The van der Waals surface area contributed by atoms with E-state index < -0.39 is 0 Å². The van der Waals surface area contributed by atoms with Gasteiger partial charge in [-0.2, -0.15) is 0 Å². The van der Waals surface area contributed by atoms with Gasteiger partial charge in [0.15, 0.2) is 0 Å². The van der Waals surface area contributed by atoms with Gasteiger partial charge in [-0.1, -0.05) is 32.9 Å². The van der Waals surface area contributed by atoms with E-state index in [2.05, 4.69) is 26.1 Å². The summed E-state index contributed by atoms with van der Waals surface area (Å²) >= 11 is 0. The summed E-state index contributed by atoms with van der Waals surface area (Å²) in [5, 5.41) is 12.7. The highest BCUT2D eigenvalue weighted by molar-refractivity contribution is 5.25. The lowest BCUT2D eigenvalue weighted by atomic mass is 10.0. The normalized spacial score (nSPS) is 13.1. The van der Waals surface area contributed by atoms with Crippen LogP contribution in [0.25, 0.3) is 0 Å². The first kappa shape index (κ1) is 12.1. The maximum Gasteiger partial charge on any atom is 0.115 e. The Bertz CT molecular complexity index is 279. The first-order valence-corrected chi connectivity index (χ1v) is 5.64. The number of hydrogen-bond acceptors (Lipinski definition) is 2. The van der Waals surface area contributed by atoms with E-state index >= 15 is 0 Å². The molecule has 0 fully saturated rings. The average molecular weight is 207 g/mol. The highest BCUT2D eigenvalue weighted by atomic mass is 16.3. The van der Waals surface area contributed by atoms with Crippen LogP contribution in [0.5, 0.6) is 5.75 Å². The van der Waals surface area contributed by atoms with E-state index in [1.165, 1.54) is 5.56 Å². The third-order valence-electron chi connectivity index (χ3n) is 2.75. The van der Waals surface area contributed by atoms with Crippen LogP contribution in [-0.2, 0) is 6.54 Å². The molecular formula is C13H21NO. The predicted molar refractivity (Wildman–Crippen MR) is 63.9 cm³/mol. The minimum absolute atomic E-state index is 0.328. The zero-order valence-electron chi connectivity index (χ0n) is 9.83. The highest BCUT2D eigenvalue weighted by Crippen LogP contribution is 2.11. The average Bonchev–Trinajstić information content (AvgIpc) is 2.21. The Balaban J connectivity index is 2.45. The third-order valence-corrected chi connectivity index (χ3v) is 2.75. The third kappa shape index (κ3) is 3.92. The molecule has 1 unspecified atom stereocenters. The molecule has 0 amide bonds. The van der Waals surface area contributed by atoms with Crippen LogP contribution in [0.1, 0.15) is 32.8 Å². The van der Waals surface area contributed by atoms with Gasteiger partial charge < -0.3 is 10.4 Å². The van der Waals surface area contributed by atoms with Crippen molar-refractivity contribution in [3.63, 3.8) is 0 Å². The van der Waals surface area contributed by atoms with Gasteiger partial charge in [0.25, 0.3) is 0 Å². The standard InChI is InChI=1S/C13H21NO/c1-4-13(10(2)3)14-9-11-5-7-12(15)8-6-11/h5-8,10,13-15H,4,9H2,1-3H3. The van der Waals surface area contributed by atoms with Crippen molar-refractivity contribution in [3.8, 4) is 5.75 Å². The minimum Gasteiger partial charge on any atom is -0.508 e. The molecule has 1 aromatic carbocycles. The van der Waals surface area contributed by atoms with Crippen LogP contribution in [0.4, 0.5) is 0 Å². The van der Waals surface area contributed by atoms with Crippen molar-refractivity contribution >= 4 is 0 Å². The van der Waals surface area contributed by atoms with E-state index in [-0.39, 0.29) is 0 Å². The summed E-state index contributed by atoms with van der Waals surface area (Å²) in [7, 11) is 0. The van der Waals surface area contributed by atoms with E-state index in [9.17, 15) is 0 Å². The second kappa shape index (κ2) is 5.76. The number of nitrogens with one attached hydrogen (secondary N) is 1. The summed E-state index contributed by atoms with van der Waals surface area (Å²) in [5.74, 6) is 0.988. The highest BCUT2D eigenvalue weighted by Gasteiger charge is 2.09. The van der Waals surface area contributed by atoms with E-state index in [1.807, 2.05) is 12.1 Å². The molecule has 0 aliphatic heterocycles. The molecule has 15 heavy (non-hydrogen) atoms. The molecule has 1 atom stereocenters. The quantitative estimate of drug-likeness (QED) is 0.778. The van der Waals surface area contributed by atoms with Crippen molar-refractivity contribution in [2.24, 2.45) is 5.92 Å². The molecule has 2 nitrogen and oxygen atoms in total. The Morgan fingerprint density at radius 3 is 2.27 bits per heavy atom. The molecule has 0 saturated carbocycles. The van der Waals surface area contributed by atoms with Gasteiger partial charge >= 0.3 is 0 Å². The SMILES string of the molecule is CCC(NCc1ccc(O)cc1)C(C)C. The van der Waals surface area contributed by atoms with Crippen molar-refractivity contribution < 1.29 is 5.11 Å². The van der Waals surface area contributed by atoms with Gasteiger partial charge in [0.05, 0.1) is 0 Å². The van der Waals surface area contributed by atoms with Crippen LogP contribution in [0.15, 0.2) is 24.3 Å². The molecular weight excluding hydrogens is 186 g/mol. The smallest absolute Gasteiger partial charge is 0.115 e. The van der Waals surface area contributed by atoms with Crippen LogP contribution in [-0.4, -0.2) is 11.1 Å².